The van der Waals surface area contributed by atoms with Gasteiger partial charge in [-0.2, -0.15) is 0 Å². The standard InChI is InChI=1S/C14H15FN2O/c1-9-3-4-12(15)13(5-9)18-14-7-11(8-16)6-10(2)17-14/h3-7H,8,16H2,1-2H3. The molecular formula is C14H15FN2O. The molecule has 0 atom stereocenters. The Hall–Kier alpha value is -1.94. The van der Waals surface area contributed by atoms with E-state index in [1.165, 1.54) is 6.07 Å². The van der Waals surface area contributed by atoms with Gasteiger partial charge in [0.2, 0.25) is 5.88 Å². The van der Waals surface area contributed by atoms with Crippen LogP contribution in [-0.2, 0) is 6.54 Å². The largest absolute Gasteiger partial charge is 0.436 e. The van der Waals surface area contributed by atoms with Gasteiger partial charge < -0.3 is 10.5 Å². The van der Waals surface area contributed by atoms with Crippen molar-refractivity contribution in [2.45, 2.75) is 20.4 Å². The molecule has 0 spiro atoms. The molecule has 0 bridgehead atoms. The van der Waals surface area contributed by atoms with Crippen LogP contribution in [0.2, 0.25) is 0 Å². The molecule has 2 aromatic rings. The van der Waals surface area contributed by atoms with Gasteiger partial charge >= 0.3 is 0 Å². The molecule has 3 nitrogen and oxygen atoms in total. The number of nitrogens with zero attached hydrogens (tertiary/aromatic N) is 1. The number of hydrogen-bond acceptors (Lipinski definition) is 3. The predicted molar refractivity (Wildman–Crippen MR) is 68.1 cm³/mol. The van der Waals surface area contributed by atoms with Gasteiger partial charge in [0.05, 0.1) is 0 Å². The summed E-state index contributed by atoms with van der Waals surface area (Å²) in [6.45, 7) is 4.12. The number of nitrogens with two attached hydrogens (primary N) is 1. The molecule has 2 rings (SSSR count). The van der Waals surface area contributed by atoms with E-state index >= 15 is 0 Å². The topological polar surface area (TPSA) is 48.1 Å². The van der Waals surface area contributed by atoms with Crippen LogP contribution in [0.15, 0.2) is 30.3 Å². The molecule has 0 aliphatic carbocycles. The van der Waals surface area contributed by atoms with E-state index in [0.29, 0.717) is 12.4 Å². The number of pyridine rings is 1. The van der Waals surface area contributed by atoms with E-state index in [2.05, 4.69) is 4.98 Å². The smallest absolute Gasteiger partial charge is 0.219 e. The van der Waals surface area contributed by atoms with Crippen molar-refractivity contribution >= 4 is 0 Å². The third-order valence-electron chi connectivity index (χ3n) is 2.53. The van der Waals surface area contributed by atoms with E-state index in [-0.39, 0.29) is 5.75 Å². The van der Waals surface area contributed by atoms with E-state index in [1.807, 2.05) is 19.9 Å². The highest BCUT2D eigenvalue weighted by Gasteiger charge is 2.07. The fourth-order valence-electron chi connectivity index (χ4n) is 1.68. The monoisotopic (exact) mass is 246 g/mol. The normalized spacial score (nSPS) is 10.4. The Kier molecular flexibility index (Phi) is 3.58. The maximum Gasteiger partial charge on any atom is 0.219 e. The van der Waals surface area contributed by atoms with Crippen LogP contribution < -0.4 is 10.5 Å². The number of aryl methyl sites for hydroxylation is 2. The summed E-state index contributed by atoms with van der Waals surface area (Å²) < 4.78 is 19.0. The van der Waals surface area contributed by atoms with Gasteiger partial charge in [0.25, 0.3) is 0 Å². The number of hydrogen-bond donors (Lipinski definition) is 1. The van der Waals surface area contributed by atoms with Gasteiger partial charge in [0, 0.05) is 18.3 Å². The van der Waals surface area contributed by atoms with Crippen molar-refractivity contribution in [3.63, 3.8) is 0 Å². The molecule has 0 unspecified atom stereocenters. The van der Waals surface area contributed by atoms with E-state index in [4.69, 9.17) is 10.5 Å². The van der Waals surface area contributed by atoms with Crippen molar-refractivity contribution in [2.24, 2.45) is 5.73 Å². The quantitative estimate of drug-likeness (QED) is 0.905. The molecule has 4 heteroatoms. The molecule has 1 heterocycles. The van der Waals surface area contributed by atoms with Crippen molar-refractivity contribution in [3.05, 3.63) is 53.0 Å². The van der Waals surface area contributed by atoms with Gasteiger partial charge in [-0.3, -0.25) is 0 Å². The summed E-state index contributed by atoms with van der Waals surface area (Å²) in [5, 5.41) is 0. The van der Waals surface area contributed by atoms with Crippen LogP contribution >= 0.6 is 0 Å². The number of rotatable bonds is 3. The average Bonchev–Trinajstić information content (AvgIpc) is 2.33. The molecule has 18 heavy (non-hydrogen) atoms. The van der Waals surface area contributed by atoms with Crippen molar-refractivity contribution in [3.8, 4) is 11.6 Å². The predicted octanol–water partition coefficient (Wildman–Crippen LogP) is 3.09. The summed E-state index contributed by atoms with van der Waals surface area (Å²) in [6.07, 6.45) is 0. The fourth-order valence-corrected chi connectivity index (χ4v) is 1.68. The Morgan fingerprint density at radius 1 is 1.22 bits per heavy atom. The Morgan fingerprint density at radius 3 is 2.72 bits per heavy atom. The van der Waals surface area contributed by atoms with Crippen molar-refractivity contribution in [1.29, 1.82) is 0 Å². The molecule has 0 fully saturated rings. The van der Waals surface area contributed by atoms with Crippen LogP contribution in [0.4, 0.5) is 4.39 Å². The summed E-state index contributed by atoms with van der Waals surface area (Å²) in [6, 6.07) is 8.30. The summed E-state index contributed by atoms with van der Waals surface area (Å²) in [7, 11) is 0. The molecule has 1 aromatic heterocycles. The van der Waals surface area contributed by atoms with Gasteiger partial charge in [-0.25, -0.2) is 9.37 Å². The average molecular weight is 246 g/mol. The van der Waals surface area contributed by atoms with E-state index in [1.54, 1.807) is 18.2 Å². The minimum atomic E-state index is -0.404. The zero-order chi connectivity index (χ0) is 13.1. The molecule has 2 N–H and O–H groups in total. The zero-order valence-corrected chi connectivity index (χ0v) is 10.4. The zero-order valence-electron chi connectivity index (χ0n) is 10.4. The first-order chi connectivity index (χ1) is 8.58. The number of aromatic nitrogens is 1. The van der Waals surface area contributed by atoms with Gasteiger partial charge in [0.1, 0.15) is 0 Å². The Bertz CT molecular complexity index is 570. The van der Waals surface area contributed by atoms with Crippen LogP contribution in [0.3, 0.4) is 0 Å². The summed E-state index contributed by atoms with van der Waals surface area (Å²) in [5.74, 6) is 0.134. The first-order valence-electron chi connectivity index (χ1n) is 5.70. The van der Waals surface area contributed by atoms with Gasteiger partial charge in [-0.1, -0.05) is 6.07 Å². The van der Waals surface area contributed by atoms with Gasteiger partial charge in [-0.05, 0) is 43.2 Å². The summed E-state index contributed by atoms with van der Waals surface area (Å²) >= 11 is 0. The highest BCUT2D eigenvalue weighted by molar-refractivity contribution is 5.34. The first kappa shape index (κ1) is 12.5. The molecular weight excluding hydrogens is 231 g/mol. The molecule has 0 radical (unpaired) electrons. The lowest BCUT2D eigenvalue weighted by Gasteiger charge is -2.09. The van der Waals surface area contributed by atoms with Crippen LogP contribution in [-0.4, -0.2) is 4.98 Å². The molecule has 0 amide bonds. The van der Waals surface area contributed by atoms with Gasteiger partial charge in [0.15, 0.2) is 11.6 Å². The van der Waals surface area contributed by atoms with E-state index in [0.717, 1.165) is 16.8 Å². The van der Waals surface area contributed by atoms with Crippen LogP contribution in [0, 0.1) is 19.7 Å². The molecule has 0 saturated heterocycles. The Balaban J connectivity index is 2.33. The molecule has 1 aromatic carbocycles. The van der Waals surface area contributed by atoms with Crippen molar-refractivity contribution in [2.75, 3.05) is 0 Å². The minimum absolute atomic E-state index is 0.177. The lowest BCUT2D eigenvalue weighted by Crippen LogP contribution is -2.00. The maximum atomic E-state index is 13.6. The number of halogens is 1. The maximum absolute atomic E-state index is 13.6. The van der Waals surface area contributed by atoms with Gasteiger partial charge in [-0.15, -0.1) is 0 Å². The lowest BCUT2D eigenvalue weighted by atomic mass is 10.2. The minimum Gasteiger partial charge on any atom is -0.436 e. The fraction of sp³-hybridized carbons (Fsp3) is 0.214. The highest BCUT2D eigenvalue weighted by atomic mass is 19.1. The number of benzene rings is 1. The van der Waals surface area contributed by atoms with Crippen LogP contribution in [0.5, 0.6) is 11.6 Å². The van der Waals surface area contributed by atoms with Crippen LogP contribution in [0.1, 0.15) is 16.8 Å². The van der Waals surface area contributed by atoms with E-state index in [9.17, 15) is 4.39 Å². The Labute approximate surface area is 105 Å². The lowest BCUT2D eigenvalue weighted by molar-refractivity contribution is 0.425. The molecule has 0 aliphatic rings. The number of ether oxygens (including phenoxy) is 1. The summed E-state index contributed by atoms with van der Waals surface area (Å²) in [4.78, 5) is 4.20. The first-order valence-corrected chi connectivity index (χ1v) is 5.70. The Morgan fingerprint density at radius 2 is 2.00 bits per heavy atom. The van der Waals surface area contributed by atoms with E-state index < -0.39 is 5.82 Å². The van der Waals surface area contributed by atoms with Crippen molar-refractivity contribution in [1.82, 2.24) is 4.98 Å². The van der Waals surface area contributed by atoms with Crippen LogP contribution in [0.25, 0.3) is 0 Å². The third kappa shape index (κ3) is 2.84. The summed E-state index contributed by atoms with van der Waals surface area (Å²) in [5.41, 5.74) is 8.21. The second-order valence-electron chi connectivity index (χ2n) is 4.20. The highest BCUT2D eigenvalue weighted by Crippen LogP contribution is 2.25. The second-order valence-corrected chi connectivity index (χ2v) is 4.20. The molecule has 0 aliphatic heterocycles. The molecule has 94 valence electrons. The third-order valence-corrected chi connectivity index (χ3v) is 2.53. The molecule has 0 saturated carbocycles. The SMILES string of the molecule is Cc1ccc(F)c(Oc2cc(CN)cc(C)n2)c1. The second kappa shape index (κ2) is 5.14. The van der Waals surface area contributed by atoms with Crippen molar-refractivity contribution < 1.29 is 9.13 Å².